The van der Waals surface area contributed by atoms with E-state index in [1.165, 1.54) is 0 Å². The lowest BCUT2D eigenvalue weighted by Crippen LogP contribution is -2.24. The summed E-state index contributed by atoms with van der Waals surface area (Å²) >= 11 is 0. The third-order valence-corrected chi connectivity index (χ3v) is 3.21. The number of allylic oxidation sites excluding steroid dienone is 1. The van der Waals surface area contributed by atoms with Crippen molar-refractivity contribution in [2.75, 3.05) is 12.4 Å². The molecule has 0 unspecified atom stereocenters. The van der Waals surface area contributed by atoms with Crippen molar-refractivity contribution in [1.82, 2.24) is 19.9 Å². The SMILES string of the molecule is C=C(C)Oc1cccc(-c2ccc3nc(NC(=O)NC)cn3n2)c1. The maximum absolute atomic E-state index is 11.4. The topological polar surface area (TPSA) is 80.5 Å². The van der Waals surface area contributed by atoms with Crippen molar-refractivity contribution in [3.63, 3.8) is 0 Å². The monoisotopic (exact) mass is 323 g/mol. The van der Waals surface area contributed by atoms with Gasteiger partial charge in [-0.1, -0.05) is 18.7 Å². The van der Waals surface area contributed by atoms with E-state index < -0.39 is 0 Å². The number of amides is 2. The van der Waals surface area contributed by atoms with Gasteiger partial charge in [-0.25, -0.2) is 14.3 Å². The van der Waals surface area contributed by atoms with Crippen LogP contribution in [0.2, 0.25) is 0 Å². The highest BCUT2D eigenvalue weighted by molar-refractivity contribution is 5.88. The van der Waals surface area contributed by atoms with Gasteiger partial charge in [0.15, 0.2) is 11.5 Å². The number of nitrogens with one attached hydrogen (secondary N) is 2. The highest BCUT2D eigenvalue weighted by Crippen LogP contribution is 2.23. The second kappa shape index (κ2) is 6.41. The van der Waals surface area contributed by atoms with Crippen molar-refractivity contribution in [2.45, 2.75) is 6.92 Å². The standard InChI is InChI=1S/C17H17N5O2/c1-11(2)24-13-6-4-5-12(9-13)14-7-8-16-19-15(10-22(16)21-14)20-17(23)18-3/h4-10H,1H2,2-3H3,(H2,18,20,23). The summed E-state index contributed by atoms with van der Waals surface area (Å²) in [6.07, 6.45) is 1.66. The number of aromatic nitrogens is 3. The maximum atomic E-state index is 11.4. The van der Waals surface area contributed by atoms with E-state index in [1.807, 2.05) is 36.4 Å². The smallest absolute Gasteiger partial charge is 0.320 e. The van der Waals surface area contributed by atoms with Crippen molar-refractivity contribution >= 4 is 17.5 Å². The number of rotatable bonds is 4. The Morgan fingerprint density at radius 1 is 1.29 bits per heavy atom. The summed E-state index contributed by atoms with van der Waals surface area (Å²) in [5, 5.41) is 9.62. The van der Waals surface area contributed by atoms with E-state index in [2.05, 4.69) is 27.3 Å². The van der Waals surface area contributed by atoms with E-state index in [0.717, 1.165) is 11.3 Å². The Hall–Kier alpha value is -3.35. The lowest BCUT2D eigenvalue weighted by atomic mass is 10.1. The van der Waals surface area contributed by atoms with Crippen LogP contribution in [0.25, 0.3) is 16.9 Å². The number of hydrogen-bond donors (Lipinski definition) is 2. The number of imidazole rings is 1. The van der Waals surface area contributed by atoms with Crippen LogP contribution in [0.3, 0.4) is 0 Å². The molecule has 1 aromatic carbocycles. The molecule has 2 N–H and O–H groups in total. The van der Waals surface area contributed by atoms with Crippen LogP contribution in [0.5, 0.6) is 5.75 Å². The molecule has 122 valence electrons. The van der Waals surface area contributed by atoms with E-state index in [9.17, 15) is 4.79 Å². The van der Waals surface area contributed by atoms with Crippen molar-refractivity contribution in [1.29, 1.82) is 0 Å². The van der Waals surface area contributed by atoms with E-state index in [1.54, 1.807) is 24.7 Å². The molecule has 0 radical (unpaired) electrons. The fourth-order valence-electron chi connectivity index (χ4n) is 2.20. The summed E-state index contributed by atoms with van der Waals surface area (Å²) < 4.78 is 7.15. The molecule has 0 atom stereocenters. The van der Waals surface area contributed by atoms with Crippen LogP contribution < -0.4 is 15.4 Å². The van der Waals surface area contributed by atoms with Crippen molar-refractivity contribution < 1.29 is 9.53 Å². The molecule has 7 nitrogen and oxygen atoms in total. The van der Waals surface area contributed by atoms with Crippen LogP contribution in [0.15, 0.2) is 54.9 Å². The molecule has 0 saturated heterocycles. The summed E-state index contributed by atoms with van der Waals surface area (Å²) in [6.45, 7) is 5.53. The highest BCUT2D eigenvalue weighted by Gasteiger charge is 2.08. The summed E-state index contributed by atoms with van der Waals surface area (Å²) in [5.41, 5.74) is 2.31. The van der Waals surface area contributed by atoms with Crippen LogP contribution in [0.1, 0.15) is 6.92 Å². The minimum atomic E-state index is -0.330. The van der Waals surface area contributed by atoms with Gasteiger partial charge in [-0.2, -0.15) is 5.10 Å². The van der Waals surface area contributed by atoms with Gasteiger partial charge in [0.05, 0.1) is 17.6 Å². The minimum absolute atomic E-state index is 0.330. The first-order chi connectivity index (χ1) is 11.5. The molecule has 0 bridgehead atoms. The number of carbonyl (C=O) groups excluding carboxylic acids is 1. The fourth-order valence-corrected chi connectivity index (χ4v) is 2.20. The third kappa shape index (κ3) is 3.35. The van der Waals surface area contributed by atoms with Gasteiger partial charge >= 0.3 is 6.03 Å². The molecule has 0 fully saturated rings. The van der Waals surface area contributed by atoms with Gasteiger partial charge in [0.25, 0.3) is 0 Å². The molecule has 2 heterocycles. The molecule has 0 aliphatic rings. The molecular weight excluding hydrogens is 306 g/mol. The molecule has 0 aliphatic heterocycles. The summed E-state index contributed by atoms with van der Waals surface area (Å²) in [5.74, 6) is 1.75. The van der Waals surface area contributed by atoms with Gasteiger partial charge in [-0.15, -0.1) is 0 Å². The van der Waals surface area contributed by atoms with Crippen molar-refractivity contribution in [2.24, 2.45) is 0 Å². The average molecular weight is 323 g/mol. The summed E-state index contributed by atoms with van der Waals surface area (Å²) in [7, 11) is 1.54. The summed E-state index contributed by atoms with van der Waals surface area (Å²) in [4.78, 5) is 15.6. The average Bonchev–Trinajstić information content (AvgIpc) is 2.95. The Labute approximate surface area is 139 Å². The molecule has 24 heavy (non-hydrogen) atoms. The first kappa shape index (κ1) is 15.5. The molecule has 2 amide bonds. The van der Waals surface area contributed by atoms with Crippen LogP contribution >= 0.6 is 0 Å². The van der Waals surface area contributed by atoms with Gasteiger partial charge in [-0.05, 0) is 31.2 Å². The molecule has 0 spiro atoms. The number of anilines is 1. The predicted octanol–water partition coefficient (Wildman–Crippen LogP) is 3.06. The van der Waals surface area contributed by atoms with Crippen LogP contribution in [-0.4, -0.2) is 27.7 Å². The van der Waals surface area contributed by atoms with Crippen molar-refractivity contribution in [3.8, 4) is 17.0 Å². The highest BCUT2D eigenvalue weighted by atomic mass is 16.5. The van der Waals surface area contributed by atoms with Crippen LogP contribution in [0.4, 0.5) is 10.6 Å². The molecule has 0 saturated carbocycles. The maximum Gasteiger partial charge on any atom is 0.320 e. The Kier molecular flexibility index (Phi) is 4.15. The van der Waals surface area contributed by atoms with Crippen molar-refractivity contribution in [3.05, 3.63) is 54.9 Å². The van der Waals surface area contributed by atoms with Gasteiger partial charge in [0.2, 0.25) is 0 Å². The van der Waals surface area contributed by atoms with Crippen LogP contribution in [-0.2, 0) is 0 Å². The Morgan fingerprint density at radius 2 is 2.12 bits per heavy atom. The van der Waals surface area contributed by atoms with E-state index in [4.69, 9.17) is 4.74 Å². The second-order valence-corrected chi connectivity index (χ2v) is 5.18. The van der Waals surface area contributed by atoms with E-state index in [0.29, 0.717) is 23.0 Å². The quantitative estimate of drug-likeness (QED) is 0.723. The number of benzene rings is 1. The van der Waals surface area contributed by atoms with Gasteiger partial charge < -0.3 is 10.1 Å². The second-order valence-electron chi connectivity index (χ2n) is 5.18. The molecule has 3 aromatic rings. The van der Waals surface area contributed by atoms with Gasteiger partial charge in [-0.3, -0.25) is 5.32 Å². The number of hydrogen-bond acceptors (Lipinski definition) is 4. The molecule has 0 aliphatic carbocycles. The van der Waals surface area contributed by atoms with Crippen LogP contribution in [0, 0.1) is 0 Å². The zero-order valence-electron chi connectivity index (χ0n) is 13.4. The first-order valence-electron chi connectivity index (χ1n) is 7.34. The zero-order chi connectivity index (χ0) is 17.1. The lowest BCUT2D eigenvalue weighted by Gasteiger charge is -2.06. The first-order valence-corrected chi connectivity index (χ1v) is 7.34. The van der Waals surface area contributed by atoms with E-state index >= 15 is 0 Å². The predicted molar refractivity (Wildman–Crippen MR) is 91.9 cm³/mol. The number of ether oxygens (including phenoxy) is 1. The Bertz CT molecular complexity index is 916. The molecular formula is C17H17N5O2. The zero-order valence-corrected chi connectivity index (χ0v) is 13.4. The number of nitrogens with zero attached hydrogens (tertiary/aromatic N) is 3. The van der Waals surface area contributed by atoms with Gasteiger partial charge in [0, 0.05) is 12.6 Å². The minimum Gasteiger partial charge on any atom is -0.463 e. The Morgan fingerprint density at radius 3 is 2.88 bits per heavy atom. The number of carbonyl (C=O) groups is 1. The Balaban J connectivity index is 1.93. The summed E-state index contributed by atoms with van der Waals surface area (Å²) in [6, 6.07) is 11.0. The largest absolute Gasteiger partial charge is 0.463 e. The third-order valence-electron chi connectivity index (χ3n) is 3.21. The number of fused-ring (bicyclic) bond motifs is 1. The number of urea groups is 1. The molecule has 3 rings (SSSR count). The molecule has 7 heteroatoms. The van der Waals surface area contributed by atoms with E-state index in [-0.39, 0.29) is 6.03 Å². The lowest BCUT2D eigenvalue weighted by molar-refractivity contribution is 0.254. The van der Waals surface area contributed by atoms with Gasteiger partial charge in [0.1, 0.15) is 5.75 Å². The molecule has 2 aromatic heterocycles. The fraction of sp³-hybridized carbons (Fsp3) is 0.118. The normalized spacial score (nSPS) is 10.4.